The SMILES string of the molecule is Cc1c(C)c2ccccc2c2ccccc12.Cc1c2ccccc2c(C)c2cc(C(C)(C)C)ccc12.Cc1c2ccccc2c(C)c2ccccc12.Cc1ccc2c(c1)c1ccccc1n2C.Cc1ccc2cc3cc(C)ccc3cc2c1.Cc1ccc2ccc3ccc(C)cc3c2c1. The maximum absolute atomic E-state index is 2.38. The van der Waals surface area contributed by atoms with Crippen molar-refractivity contribution in [3.63, 3.8) is 0 Å². The van der Waals surface area contributed by atoms with E-state index in [9.17, 15) is 0 Å². The maximum atomic E-state index is 2.38. The zero-order valence-corrected chi connectivity index (χ0v) is 60.5. The van der Waals surface area contributed by atoms with E-state index in [0.717, 1.165) is 0 Å². The molecule has 0 radical (unpaired) electrons. The van der Waals surface area contributed by atoms with Crippen LogP contribution >= 0.6 is 0 Å². The van der Waals surface area contributed by atoms with Crippen molar-refractivity contribution in [3.8, 4) is 0 Å². The van der Waals surface area contributed by atoms with E-state index < -0.39 is 0 Å². The van der Waals surface area contributed by atoms with Gasteiger partial charge in [-0.1, -0.05) is 297 Å². The van der Waals surface area contributed by atoms with Gasteiger partial charge in [-0.15, -0.1) is 0 Å². The van der Waals surface area contributed by atoms with E-state index in [0.29, 0.717) is 0 Å². The van der Waals surface area contributed by atoms with Gasteiger partial charge in [0.1, 0.15) is 0 Å². The van der Waals surface area contributed by atoms with Crippen molar-refractivity contribution >= 4 is 130 Å². The van der Waals surface area contributed by atoms with Crippen LogP contribution in [0.5, 0.6) is 0 Å². The third kappa shape index (κ3) is 13.5. The van der Waals surface area contributed by atoms with Crippen molar-refractivity contribution in [2.45, 2.75) is 102 Å². The molecule has 0 saturated carbocycles. The lowest BCUT2D eigenvalue weighted by molar-refractivity contribution is 0.591. The normalized spacial score (nSPS) is 11.4. The van der Waals surface area contributed by atoms with Crippen LogP contribution < -0.4 is 0 Å². The molecule has 0 atom stereocenters. The molecule has 0 aliphatic carbocycles. The molecule has 0 aliphatic heterocycles. The van der Waals surface area contributed by atoms with Crippen molar-refractivity contribution in [1.29, 1.82) is 0 Å². The number of fused-ring (bicyclic) bond motifs is 15. The van der Waals surface area contributed by atoms with Gasteiger partial charge in [-0.3, -0.25) is 0 Å². The standard InChI is InChI=1S/C20H22.4C16H14.C14H13N/c1-13-16-8-6-7-9-17(16)14(2)19-12-15(20(3,4)5)10-11-18(13)19;1-11-3-5-13-10-16-8-12(2)4-6-14(16)9-15(13)7-11;1-11-3-5-13-7-8-14-6-4-12(2)10-16(14)15(13)9-11;1-11-13-7-3-5-9-15(13)12(2)16-10-6-4-8-14(11)16;1-11-12(2)14-8-4-6-10-16(14)15-9-5-3-7-13(11)15;1-10-7-8-14-12(9-10)11-5-3-4-6-13(11)15(14)2/h6-12H,1-5H3;4*3-10H,1-2H3;3-9H,1-2H3. The van der Waals surface area contributed by atoms with E-state index in [4.69, 9.17) is 0 Å². The fourth-order valence-electron chi connectivity index (χ4n) is 14.9. The van der Waals surface area contributed by atoms with Crippen molar-refractivity contribution in [2.75, 3.05) is 0 Å². The molecule has 1 aromatic heterocycles. The summed E-state index contributed by atoms with van der Waals surface area (Å²) in [6.45, 7) is 30.9. The molecule has 99 heavy (non-hydrogen) atoms. The highest BCUT2D eigenvalue weighted by Crippen LogP contribution is 2.37. The Labute approximate surface area is 585 Å². The van der Waals surface area contributed by atoms with Gasteiger partial charge in [-0.2, -0.15) is 0 Å². The molecule has 17 aromatic carbocycles. The minimum absolute atomic E-state index is 0.195. The van der Waals surface area contributed by atoms with E-state index in [-0.39, 0.29) is 5.41 Å². The van der Waals surface area contributed by atoms with Crippen molar-refractivity contribution in [3.05, 3.63) is 346 Å². The zero-order valence-electron chi connectivity index (χ0n) is 60.5. The molecular weight excluding hydrogens is 1190 g/mol. The molecule has 0 unspecified atom stereocenters. The third-order valence-corrected chi connectivity index (χ3v) is 20.7. The number of benzene rings is 17. The number of aryl methyl sites for hydroxylation is 12. The van der Waals surface area contributed by atoms with Crippen LogP contribution in [-0.4, -0.2) is 4.57 Å². The summed E-state index contributed by atoms with van der Waals surface area (Å²) in [6, 6.07) is 101. The van der Waals surface area contributed by atoms with Gasteiger partial charge in [-0.05, 0) is 259 Å². The van der Waals surface area contributed by atoms with E-state index in [2.05, 4.69) is 388 Å². The quantitative estimate of drug-likeness (QED) is 0.105. The first-order valence-corrected chi connectivity index (χ1v) is 35.1. The Morgan fingerprint density at radius 3 is 0.869 bits per heavy atom. The van der Waals surface area contributed by atoms with Crippen molar-refractivity contribution < 1.29 is 0 Å². The Kier molecular flexibility index (Phi) is 18.8. The Morgan fingerprint density at radius 2 is 0.475 bits per heavy atom. The lowest BCUT2D eigenvalue weighted by Crippen LogP contribution is -2.10. The van der Waals surface area contributed by atoms with Gasteiger partial charge in [0.15, 0.2) is 0 Å². The van der Waals surface area contributed by atoms with Gasteiger partial charge in [0.25, 0.3) is 0 Å². The average molecular weight is 1280 g/mol. The monoisotopic (exact) mass is 1280 g/mol. The minimum Gasteiger partial charge on any atom is -0.344 e. The van der Waals surface area contributed by atoms with Gasteiger partial charge in [0, 0.05) is 28.9 Å². The number of para-hydroxylation sites is 1. The van der Waals surface area contributed by atoms with Crippen molar-refractivity contribution in [1.82, 2.24) is 4.57 Å². The van der Waals surface area contributed by atoms with E-state index >= 15 is 0 Å². The first kappa shape index (κ1) is 66.7. The van der Waals surface area contributed by atoms with Gasteiger partial charge < -0.3 is 4.57 Å². The largest absolute Gasteiger partial charge is 0.344 e. The molecule has 1 nitrogen and oxygen atoms in total. The molecule has 0 aliphatic rings. The molecule has 18 rings (SSSR count). The molecule has 488 valence electrons. The number of hydrogen-bond donors (Lipinski definition) is 0. The Morgan fingerprint density at radius 1 is 0.192 bits per heavy atom. The molecule has 0 N–H and O–H groups in total. The molecule has 18 aromatic rings. The maximum Gasteiger partial charge on any atom is 0.0488 e. The van der Waals surface area contributed by atoms with Gasteiger partial charge >= 0.3 is 0 Å². The number of aromatic nitrogens is 1. The smallest absolute Gasteiger partial charge is 0.0488 e. The number of nitrogens with zero attached hydrogens (tertiary/aromatic N) is 1. The highest BCUT2D eigenvalue weighted by Gasteiger charge is 2.17. The van der Waals surface area contributed by atoms with Crippen LogP contribution in [0.2, 0.25) is 0 Å². The lowest BCUT2D eigenvalue weighted by atomic mass is 9.84. The number of rotatable bonds is 0. The molecule has 0 bridgehead atoms. The van der Waals surface area contributed by atoms with Gasteiger partial charge in [-0.25, -0.2) is 0 Å². The summed E-state index contributed by atoms with van der Waals surface area (Å²) in [5.74, 6) is 0. The van der Waals surface area contributed by atoms with Crippen LogP contribution in [0.25, 0.3) is 130 Å². The van der Waals surface area contributed by atoms with Gasteiger partial charge in [0.05, 0.1) is 0 Å². The topological polar surface area (TPSA) is 4.93 Å². The van der Waals surface area contributed by atoms with Crippen molar-refractivity contribution in [2.24, 2.45) is 7.05 Å². The first-order chi connectivity index (χ1) is 47.7. The van der Waals surface area contributed by atoms with E-state index in [1.165, 1.54) is 196 Å². The summed E-state index contributed by atoms with van der Waals surface area (Å²) >= 11 is 0. The summed E-state index contributed by atoms with van der Waals surface area (Å²) in [4.78, 5) is 0. The predicted molar refractivity (Wildman–Crippen MR) is 439 cm³/mol. The fourth-order valence-corrected chi connectivity index (χ4v) is 14.9. The van der Waals surface area contributed by atoms with Gasteiger partial charge in [0.2, 0.25) is 0 Å². The Hall–Kier alpha value is -10.9. The van der Waals surface area contributed by atoms with E-state index in [1.54, 1.807) is 0 Å². The molecule has 1 heterocycles. The second kappa shape index (κ2) is 27.9. The minimum atomic E-state index is 0.195. The highest BCUT2D eigenvalue weighted by molar-refractivity contribution is 6.12. The molecule has 0 saturated heterocycles. The molecular formula is C98H91N. The summed E-state index contributed by atoms with van der Waals surface area (Å²) in [5.41, 5.74) is 19.2. The Balaban J connectivity index is 0.000000107. The lowest BCUT2D eigenvalue weighted by Gasteiger charge is -2.21. The summed E-state index contributed by atoms with van der Waals surface area (Å²) < 4.78 is 2.25. The average Bonchev–Trinajstić information content (AvgIpc) is 0.831. The van der Waals surface area contributed by atoms with E-state index in [1.807, 2.05) is 0 Å². The molecule has 0 spiro atoms. The summed E-state index contributed by atoms with van der Waals surface area (Å²) in [6.07, 6.45) is 0. The van der Waals surface area contributed by atoms with Crippen LogP contribution in [0.15, 0.2) is 279 Å². The third-order valence-electron chi connectivity index (χ3n) is 20.7. The van der Waals surface area contributed by atoms with Crippen LogP contribution in [0, 0.1) is 76.2 Å². The highest BCUT2D eigenvalue weighted by atomic mass is 14.9. The second-order valence-corrected chi connectivity index (χ2v) is 28.7. The number of hydrogen-bond acceptors (Lipinski definition) is 0. The molecule has 1 heteroatoms. The molecule has 0 amide bonds. The first-order valence-electron chi connectivity index (χ1n) is 35.1. The summed E-state index contributed by atoms with van der Waals surface area (Å²) in [5, 5.41) is 29.9. The fraction of sp³-hybridized carbons (Fsp3) is 0.163. The van der Waals surface area contributed by atoms with Crippen LogP contribution in [0.1, 0.15) is 87.5 Å². The summed E-state index contributed by atoms with van der Waals surface area (Å²) in [7, 11) is 2.12. The van der Waals surface area contributed by atoms with Crippen LogP contribution in [0.4, 0.5) is 0 Å². The zero-order chi connectivity index (χ0) is 69.4. The second-order valence-electron chi connectivity index (χ2n) is 28.7. The molecule has 0 fully saturated rings. The van der Waals surface area contributed by atoms with Crippen LogP contribution in [-0.2, 0) is 12.5 Å². The predicted octanol–water partition coefficient (Wildman–Crippen LogP) is 28.0. The Bertz CT molecular complexity index is 5770. The van der Waals surface area contributed by atoms with Crippen LogP contribution in [0.3, 0.4) is 0 Å².